The van der Waals surface area contributed by atoms with Crippen LogP contribution in [0.15, 0.2) is 146 Å². The number of carbonyl (C=O) groups is 2. The van der Waals surface area contributed by atoms with E-state index in [4.69, 9.17) is 0 Å². The number of aliphatic hydroxyl groups excluding tert-OH is 1. The van der Waals surface area contributed by atoms with Gasteiger partial charge in [0.05, 0.1) is 6.61 Å². The molecule has 0 saturated carbocycles. The van der Waals surface area contributed by atoms with Crippen LogP contribution < -0.4 is 0 Å². The Balaban J connectivity index is 1.24. The Hall–Kier alpha value is -5.58. The third-order valence-corrected chi connectivity index (χ3v) is 8.22. The quantitative estimate of drug-likeness (QED) is 0.186. The van der Waals surface area contributed by atoms with Gasteiger partial charge in [0.15, 0.2) is 11.6 Å². The zero-order chi connectivity index (χ0) is 30.0. The molecule has 0 aliphatic heterocycles. The summed E-state index contributed by atoms with van der Waals surface area (Å²) in [5.74, 6) is -0.138. The number of hydrogen-bond acceptors (Lipinski definition) is 3. The number of benzene rings is 6. The van der Waals surface area contributed by atoms with Crippen LogP contribution in [-0.4, -0.2) is 27.8 Å². The van der Waals surface area contributed by atoms with Crippen LogP contribution >= 0.6 is 0 Å². The van der Waals surface area contributed by atoms with Crippen LogP contribution in [-0.2, 0) is 6.54 Å². The molecule has 0 unspecified atom stereocenters. The highest BCUT2D eigenvalue weighted by Gasteiger charge is 2.18. The highest BCUT2D eigenvalue weighted by atomic mass is 16.3. The monoisotopic (exact) mass is 571 g/mol. The van der Waals surface area contributed by atoms with Gasteiger partial charge in [0.2, 0.25) is 0 Å². The van der Waals surface area contributed by atoms with E-state index in [9.17, 15) is 14.7 Å². The number of hydrogen-bond donors (Lipinski definition) is 1. The molecular formula is C40H29NO3. The number of fused-ring (bicyclic) bond motifs is 3. The molecule has 4 heteroatoms. The summed E-state index contributed by atoms with van der Waals surface area (Å²) in [7, 11) is 0. The van der Waals surface area contributed by atoms with Crippen LogP contribution in [0.3, 0.4) is 0 Å². The smallest absolute Gasteiger partial charge is 0.193 e. The first kappa shape index (κ1) is 27.3. The Morgan fingerprint density at radius 3 is 1.20 bits per heavy atom. The van der Waals surface area contributed by atoms with Gasteiger partial charge in [0.25, 0.3) is 0 Å². The lowest BCUT2D eigenvalue weighted by Crippen LogP contribution is -2.03. The summed E-state index contributed by atoms with van der Waals surface area (Å²) in [6, 6.07) is 46.8. The van der Waals surface area contributed by atoms with E-state index in [1.165, 1.54) is 0 Å². The van der Waals surface area contributed by atoms with Crippen LogP contribution in [0.1, 0.15) is 31.8 Å². The van der Waals surface area contributed by atoms with Gasteiger partial charge in [-0.25, -0.2) is 0 Å². The Labute approximate surface area is 255 Å². The molecule has 0 amide bonds. The molecule has 212 valence electrons. The number of aromatic nitrogens is 1. The maximum atomic E-state index is 13.6. The Morgan fingerprint density at radius 1 is 0.455 bits per heavy atom. The SMILES string of the molecule is O=C(c1ccc(-c2ccccc2)cc1)c1ccc2c(c1)c1cc(C(=O)c3ccc(-c4ccccc4)cc3)ccc1n2CCO. The van der Waals surface area contributed by atoms with Crippen molar-refractivity contribution in [2.45, 2.75) is 6.54 Å². The minimum atomic E-state index is -0.0692. The molecule has 0 aliphatic carbocycles. The predicted octanol–water partition coefficient (Wildman–Crippen LogP) is 8.58. The summed E-state index contributed by atoms with van der Waals surface area (Å²) in [4.78, 5) is 27.2. The lowest BCUT2D eigenvalue weighted by molar-refractivity contribution is 0.103. The second-order valence-electron chi connectivity index (χ2n) is 10.9. The number of carbonyl (C=O) groups excluding carboxylic acids is 2. The topological polar surface area (TPSA) is 59.3 Å². The van der Waals surface area contributed by atoms with Crippen molar-refractivity contribution in [3.63, 3.8) is 0 Å². The molecule has 0 aliphatic rings. The van der Waals surface area contributed by atoms with Crippen molar-refractivity contribution < 1.29 is 14.7 Å². The molecule has 0 spiro atoms. The lowest BCUT2D eigenvalue weighted by atomic mass is 9.97. The summed E-state index contributed by atoms with van der Waals surface area (Å²) < 4.78 is 2.04. The summed E-state index contributed by atoms with van der Waals surface area (Å²) in [5, 5.41) is 11.6. The molecule has 6 aromatic carbocycles. The average Bonchev–Trinajstić information content (AvgIpc) is 3.40. The van der Waals surface area contributed by atoms with Crippen LogP contribution in [0.2, 0.25) is 0 Å². The maximum absolute atomic E-state index is 13.6. The zero-order valence-corrected chi connectivity index (χ0v) is 24.0. The maximum Gasteiger partial charge on any atom is 0.193 e. The first-order valence-electron chi connectivity index (χ1n) is 14.7. The van der Waals surface area contributed by atoms with Crippen molar-refractivity contribution in [1.29, 1.82) is 0 Å². The Kier molecular flexibility index (Phi) is 7.19. The molecule has 0 radical (unpaired) electrons. The fourth-order valence-electron chi connectivity index (χ4n) is 5.95. The van der Waals surface area contributed by atoms with Gasteiger partial charge in [-0.15, -0.1) is 0 Å². The summed E-state index contributed by atoms with van der Waals surface area (Å²) in [6.07, 6.45) is 0. The van der Waals surface area contributed by atoms with Crippen molar-refractivity contribution in [3.8, 4) is 22.3 Å². The molecular weight excluding hydrogens is 542 g/mol. The molecule has 0 atom stereocenters. The van der Waals surface area contributed by atoms with Crippen LogP contribution in [0.25, 0.3) is 44.1 Å². The van der Waals surface area contributed by atoms with Gasteiger partial charge in [-0.2, -0.15) is 0 Å². The van der Waals surface area contributed by atoms with E-state index in [2.05, 4.69) is 0 Å². The lowest BCUT2D eigenvalue weighted by Gasteiger charge is -2.07. The minimum Gasteiger partial charge on any atom is -0.395 e. The molecule has 7 rings (SSSR count). The molecule has 0 bridgehead atoms. The van der Waals surface area contributed by atoms with E-state index in [-0.39, 0.29) is 18.2 Å². The summed E-state index contributed by atoms with van der Waals surface area (Å²) in [6.45, 7) is 0.379. The van der Waals surface area contributed by atoms with Gasteiger partial charge >= 0.3 is 0 Å². The third kappa shape index (κ3) is 5.02. The Bertz CT molecular complexity index is 1970. The fraction of sp³-hybridized carbons (Fsp3) is 0.0500. The van der Waals surface area contributed by atoms with Gasteiger partial charge in [0, 0.05) is 50.6 Å². The second kappa shape index (κ2) is 11.6. The van der Waals surface area contributed by atoms with Crippen molar-refractivity contribution in [1.82, 2.24) is 4.57 Å². The number of rotatable bonds is 8. The average molecular weight is 572 g/mol. The molecule has 4 nitrogen and oxygen atoms in total. The van der Waals surface area contributed by atoms with E-state index < -0.39 is 0 Å². The highest BCUT2D eigenvalue weighted by molar-refractivity contribution is 6.17. The van der Waals surface area contributed by atoms with Crippen LogP contribution in [0.5, 0.6) is 0 Å². The van der Waals surface area contributed by atoms with Crippen molar-refractivity contribution in [3.05, 3.63) is 168 Å². The molecule has 1 aromatic heterocycles. The van der Waals surface area contributed by atoms with E-state index in [1.807, 2.05) is 150 Å². The predicted molar refractivity (Wildman–Crippen MR) is 177 cm³/mol. The van der Waals surface area contributed by atoms with Crippen molar-refractivity contribution in [2.75, 3.05) is 6.61 Å². The number of ketones is 2. The first-order valence-corrected chi connectivity index (χ1v) is 14.7. The first-order chi connectivity index (χ1) is 21.6. The van der Waals surface area contributed by atoms with Gasteiger partial charge in [-0.1, -0.05) is 109 Å². The second-order valence-corrected chi connectivity index (χ2v) is 10.9. The summed E-state index contributed by atoms with van der Waals surface area (Å²) >= 11 is 0. The number of nitrogens with zero attached hydrogens (tertiary/aromatic N) is 1. The molecule has 44 heavy (non-hydrogen) atoms. The highest BCUT2D eigenvalue weighted by Crippen LogP contribution is 2.32. The molecule has 1 heterocycles. The van der Waals surface area contributed by atoms with Gasteiger partial charge in [-0.3, -0.25) is 9.59 Å². The Morgan fingerprint density at radius 2 is 0.818 bits per heavy atom. The molecule has 7 aromatic rings. The third-order valence-electron chi connectivity index (χ3n) is 8.22. The van der Waals surface area contributed by atoms with E-state index >= 15 is 0 Å². The van der Waals surface area contributed by atoms with E-state index in [0.717, 1.165) is 44.1 Å². The standard InChI is InChI=1S/C40H29NO3/c42-24-23-41-37-21-19-33(39(43)31-15-11-29(12-16-31)27-7-3-1-4-8-27)25-35(37)36-26-34(20-22-38(36)41)40(44)32-17-13-30(14-18-32)28-9-5-2-6-10-28/h1-22,25-26,42H,23-24H2. The fourth-order valence-corrected chi connectivity index (χ4v) is 5.95. The van der Waals surface area contributed by atoms with Crippen molar-refractivity contribution >= 4 is 33.4 Å². The number of aliphatic hydroxyl groups is 1. The molecule has 0 fully saturated rings. The van der Waals surface area contributed by atoms with Crippen molar-refractivity contribution in [2.24, 2.45) is 0 Å². The molecule has 0 saturated heterocycles. The zero-order valence-electron chi connectivity index (χ0n) is 24.0. The van der Waals surface area contributed by atoms with Crippen LogP contribution in [0, 0.1) is 0 Å². The summed E-state index contributed by atoms with van der Waals surface area (Å²) in [5.41, 5.74) is 8.47. The van der Waals surface area contributed by atoms with E-state index in [0.29, 0.717) is 28.8 Å². The molecule has 1 N–H and O–H groups in total. The van der Waals surface area contributed by atoms with Gasteiger partial charge < -0.3 is 9.67 Å². The normalized spacial score (nSPS) is 11.2. The minimum absolute atomic E-state index is 0.0260. The largest absolute Gasteiger partial charge is 0.395 e. The van der Waals surface area contributed by atoms with Crippen LogP contribution in [0.4, 0.5) is 0 Å². The van der Waals surface area contributed by atoms with E-state index in [1.54, 1.807) is 0 Å². The van der Waals surface area contributed by atoms with Gasteiger partial charge in [0.1, 0.15) is 0 Å². The van der Waals surface area contributed by atoms with Gasteiger partial charge in [-0.05, 0) is 58.7 Å².